The first-order valence-corrected chi connectivity index (χ1v) is 13.8. The fraction of sp³-hybridized carbons (Fsp3) is 0.963. The van der Waals surface area contributed by atoms with Crippen LogP contribution in [0, 0.1) is 0 Å². The number of esters is 1. The maximum Gasteiger partial charge on any atom is 0.311 e. The zero-order valence-corrected chi connectivity index (χ0v) is 22.7. The molecular weight excluding hydrogens is 416 g/mol. The number of likely N-dealkylation sites (N-methyl/N-ethyl adjacent to an activating group) is 1. The summed E-state index contributed by atoms with van der Waals surface area (Å²) >= 11 is 0. The number of ether oxygens (including phenoxy) is 1. The van der Waals surface area contributed by atoms with Crippen LogP contribution in [0.5, 0.6) is 0 Å². The molecule has 0 aliphatic rings. The van der Waals surface area contributed by atoms with Crippen molar-refractivity contribution in [1.29, 1.82) is 0 Å². The van der Waals surface area contributed by atoms with Crippen LogP contribution in [-0.4, -0.2) is 98.8 Å². The number of unbranched alkanes of at least 4 members (excludes halogenated alkanes) is 11. The zero-order chi connectivity index (χ0) is 24.8. The fourth-order valence-electron chi connectivity index (χ4n) is 4.41. The molecule has 6 nitrogen and oxygen atoms in total. The number of rotatable bonds is 24. The van der Waals surface area contributed by atoms with Crippen LogP contribution in [0.4, 0.5) is 0 Å². The minimum atomic E-state index is -0.0783. The first-order chi connectivity index (χ1) is 15.8. The highest BCUT2D eigenvalue weighted by molar-refractivity contribution is 5.69. The molecule has 0 aromatic rings. The van der Waals surface area contributed by atoms with Crippen molar-refractivity contribution in [2.24, 2.45) is 0 Å². The van der Waals surface area contributed by atoms with Crippen LogP contribution in [0.2, 0.25) is 0 Å². The molecule has 0 rings (SSSR count). The van der Waals surface area contributed by atoms with Crippen LogP contribution in [0.3, 0.4) is 0 Å². The van der Waals surface area contributed by atoms with Crippen molar-refractivity contribution < 1.29 is 28.7 Å². The molecule has 0 bridgehead atoms. The van der Waals surface area contributed by atoms with Gasteiger partial charge in [-0.25, -0.2) is 0 Å². The largest absolute Gasteiger partial charge is 0.466 e. The van der Waals surface area contributed by atoms with Crippen molar-refractivity contribution in [3.63, 3.8) is 0 Å². The highest BCUT2D eigenvalue weighted by Crippen LogP contribution is 2.12. The van der Waals surface area contributed by atoms with Gasteiger partial charge in [-0.15, -0.1) is 0 Å². The van der Waals surface area contributed by atoms with Crippen molar-refractivity contribution >= 4 is 5.97 Å². The summed E-state index contributed by atoms with van der Waals surface area (Å²) in [4.78, 5) is 12.1. The molecule has 0 radical (unpaired) electrons. The minimum Gasteiger partial charge on any atom is -0.466 e. The smallest absolute Gasteiger partial charge is 0.311 e. The third-order valence-corrected chi connectivity index (χ3v) is 6.92. The Labute approximate surface area is 205 Å². The van der Waals surface area contributed by atoms with Crippen LogP contribution in [0.1, 0.15) is 96.8 Å². The van der Waals surface area contributed by atoms with Gasteiger partial charge >= 0.3 is 5.97 Å². The number of quaternary nitrogens is 2. The van der Waals surface area contributed by atoms with Gasteiger partial charge in [0.05, 0.1) is 67.0 Å². The molecular formula is C27H58N2O4+2. The summed E-state index contributed by atoms with van der Waals surface area (Å²) in [6.07, 6.45) is 17.2. The summed E-state index contributed by atoms with van der Waals surface area (Å²) in [6.45, 7) is 7.10. The Bertz CT molecular complexity index is 451. The van der Waals surface area contributed by atoms with E-state index in [2.05, 4.69) is 28.1 Å². The maximum atomic E-state index is 12.1. The summed E-state index contributed by atoms with van der Waals surface area (Å²) in [5.41, 5.74) is 0. The first-order valence-electron chi connectivity index (χ1n) is 13.8. The Kier molecular flexibility index (Phi) is 20.2. The molecule has 0 atom stereocenters. The van der Waals surface area contributed by atoms with E-state index in [1.54, 1.807) is 0 Å². The average Bonchev–Trinajstić information content (AvgIpc) is 2.76. The van der Waals surface area contributed by atoms with Gasteiger partial charge in [0.1, 0.15) is 13.1 Å². The van der Waals surface area contributed by atoms with E-state index in [1.807, 2.05) is 0 Å². The second kappa shape index (κ2) is 20.7. The Hall–Kier alpha value is -0.690. The lowest BCUT2D eigenvalue weighted by molar-refractivity contribution is -0.921. The lowest BCUT2D eigenvalue weighted by Crippen LogP contribution is -2.50. The van der Waals surface area contributed by atoms with Crippen molar-refractivity contribution in [2.75, 3.05) is 73.7 Å². The summed E-state index contributed by atoms with van der Waals surface area (Å²) in [6, 6.07) is 0. The summed E-state index contributed by atoms with van der Waals surface area (Å²) < 4.78 is 6.92. The van der Waals surface area contributed by atoms with Gasteiger partial charge in [-0.3, -0.25) is 4.79 Å². The third-order valence-electron chi connectivity index (χ3n) is 6.92. The Morgan fingerprint density at radius 3 is 1.61 bits per heavy atom. The van der Waals surface area contributed by atoms with Crippen LogP contribution in [0.25, 0.3) is 0 Å². The second-order valence-electron chi connectivity index (χ2n) is 10.8. The number of nitrogens with zero attached hydrogens (tertiary/aromatic N) is 2. The molecule has 0 heterocycles. The number of carbonyl (C=O) groups is 1. The van der Waals surface area contributed by atoms with Crippen LogP contribution in [-0.2, 0) is 9.53 Å². The molecule has 0 unspecified atom stereocenters. The molecule has 33 heavy (non-hydrogen) atoms. The van der Waals surface area contributed by atoms with Crippen LogP contribution >= 0.6 is 0 Å². The molecule has 0 spiro atoms. The van der Waals surface area contributed by atoms with E-state index >= 15 is 0 Å². The van der Waals surface area contributed by atoms with E-state index in [0.717, 1.165) is 43.4 Å². The van der Waals surface area contributed by atoms with Gasteiger partial charge in [0.15, 0.2) is 0 Å². The Morgan fingerprint density at radius 2 is 1.12 bits per heavy atom. The van der Waals surface area contributed by atoms with E-state index in [9.17, 15) is 15.0 Å². The monoisotopic (exact) mass is 474 g/mol. The van der Waals surface area contributed by atoms with Gasteiger partial charge in [0, 0.05) is 6.42 Å². The summed E-state index contributed by atoms with van der Waals surface area (Å²) in [5.74, 6) is -0.0783. The van der Waals surface area contributed by atoms with E-state index in [4.69, 9.17) is 4.74 Å². The molecule has 2 N–H and O–H groups in total. The third kappa shape index (κ3) is 20.4. The SMILES string of the molecule is CCCCCCCCCCCCCCOC(=O)CC[N+](C)(C)CCC[N+](C)(CCO)CCO. The lowest BCUT2D eigenvalue weighted by Gasteiger charge is -2.35. The van der Waals surface area contributed by atoms with E-state index in [1.165, 1.54) is 64.2 Å². The lowest BCUT2D eigenvalue weighted by atomic mass is 10.1. The molecule has 0 aliphatic heterocycles. The Morgan fingerprint density at radius 1 is 0.636 bits per heavy atom. The standard InChI is InChI=1S/C27H58N2O4/c1-5-6-7-8-9-10-11-12-13-14-15-16-26-33-27(32)18-21-28(2,3)19-17-20-29(4,22-24-30)23-25-31/h30-31H,5-26H2,1-4H3/q+2. The molecule has 0 saturated carbocycles. The molecule has 0 fully saturated rings. The minimum absolute atomic E-state index is 0.0783. The maximum absolute atomic E-state index is 12.1. The van der Waals surface area contributed by atoms with E-state index in [-0.39, 0.29) is 19.2 Å². The molecule has 6 heteroatoms. The number of aliphatic hydroxyl groups excluding tert-OH is 2. The average molecular weight is 475 g/mol. The molecule has 0 aromatic carbocycles. The first kappa shape index (κ1) is 32.3. The number of aliphatic hydroxyl groups is 2. The fourth-order valence-corrected chi connectivity index (χ4v) is 4.41. The zero-order valence-electron chi connectivity index (χ0n) is 22.7. The molecule has 0 aliphatic carbocycles. The number of hydrogen-bond acceptors (Lipinski definition) is 4. The van der Waals surface area contributed by atoms with Gasteiger partial charge in [-0.2, -0.15) is 0 Å². The number of hydrogen-bond donors (Lipinski definition) is 2. The molecule has 0 aromatic heterocycles. The molecule has 0 amide bonds. The van der Waals surface area contributed by atoms with E-state index in [0.29, 0.717) is 30.6 Å². The van der Waals surface area contributed by atoms with Gasteiger partial charge < -0.3 is 23.9 Å². The van der Waals surface area contributed by atoms with Gasteiger partial charge in [-0.05, 0) is 6.42 Å². The summed E-state index contributed by atoms with van der Waals surface area (Å²) in [7, 11) is 6.39. The predicted octanol–water partition coefficient (Wildman–Crippen LogP) is 4.52. The Balaban J connectivity index is 3.69. The van der Waals surface area contributed by atoms with Gasteiger partial charge in [0.2, 0.25) is 0 Å². The molecule has 198 valence electrons. The van der Waals surface area contributed by atoms with Crippen LogP contribution in [0.15, 0.2) is 0 Å². The predicted molar refractivity (Wildman–Crippen MR) is 138 cm³/mol. The van der Waals surface area contributed by atoms with Crippen molar-refractivity contribution in [3.8, 4) is 0 Å². The van der Waals surface area contributed by atoms with Gasteiger partial charge in [-0.1, -0.05) is 77.6 Å². The normalized spacial score (nSPS) is 12.3. The highest BCUT2D eigenvalue weighted by atomic mass is 16.5. The quantitative estimate of drug-likeness (QED) is 0.123. The van der Waals surface area contributed by atoms with Crippen molar-refractivity contribution in [3.05, 3.63) is 0 Å². The van der Waals surface area contributed by atoms with Crippen LogP contribution < -0.4 is 0 Å². The molecule has 0 saturated heterocycles. The van der Waals surface area contributed by atoms with E-state index < -0.39 is 0 Å². The second-order valence-corrected chi connectivity index (χ2v) is 10.8. The van der Waals surface area contributed by atoms with Gasteiger partial charge in [0.25, 0.3) is 0 Å². The highest BCUT2D eigenvalue weighted by Gasteiger charge is 2.23. The van der Waals surface area contributed by atoms with Crippen molar-refractivity contribution in [1.82, 2.24) is 0 Å². The topological polar surface area (TPSA) is 66.8 Å². The number of carbonyl (C=O) groups excluding carboxylic acids is 1. The summed E-state index contributed by atoms with van der Waals surface area (Å²) in [5, 5.41) is 18.5. The van der Waals surface area contributed by atoms with Crippen molar-refractivity contribution in [2.45, 2.75) is 96.8 Å².